The number of hydrogen-bond donors (Lipinski definition) is 1. The first-order chi connectivity index (χ1) is 17.0. The molecular weight excluding hydrogens is 455 g/mol. The topological polar surface area (TPSA) is 101 Å². The Morgan fingerprint density at radius 1 is 1.06 bits per heavy atom. The van der Waals surface area contributed by atoms with Crippen LogP contribution in [0.1, 0.15) is 11.1 Å². The summed E-state index contributed by atoms with van der Waals surface area (Å²) in [5, 5.41) is 10.5. The Labute approximate surface area is 200 Å². The minimum Gasteiger partial charge on any atom is -0.389 e. The van der Waals surface area contributed by atoms with E-state index < -0.39 is 23.2 Å². The van der Waals surface area contributed by atoms with Crippen LogP contribution in [0.25, 0.3) is 11.2 Å². The molecule has 0 radical (unpaired) electrons. The number of benzene rings is 2. The zero-order valence-electron chi connectivity index (χ0n) is 19.3. The lowest BCUT2D eigenvalue weighted by Crippen LogP contribution is -2.44. The van der Waals surface area contributed by atoms with Crippen molar-refractivity contribution < 1.29 is 19.0 Å². The highest BCUT2D eigenvalue weighted by Crippen LogP contribution is 2.11. The molecule has 0 spiro atoms. The number of fused-ring (bicyclic) bond motifs is 1. The quantitative estimate of drug-likeness (QED) is 0.350. The van der Waals surface area contributed by atoms with Gasteiger partial charge in [0.05, 0.1) is 45.3 Å². The van der Waals surface area contributed by atoms with E-state index in [1.54, 1.807) is 29.9 Å². The molecule has 0 saturated carbocycles. The highest BCUT2D eigenvalue weighted by molar-refractivity contribution is 5.70. The third kappa shape index (κ3) is 5.56. The number of hydrogen-bond acceptors (Lipinski definition) is 6. The summed E-state index contributed by atoms with van der Waals surface area (Å²) >= 11 is 0. The van der Waals surface area contributed by atoms with E-state index in [9.17, 15) is 19.1 Å². The van der Waals surface area contributed by atoms with Gasteiger partial charge in [-0.25, -0.2) is 14.2 Å². The molecule has 2 aromatic carbocycles. The fourth-order valence-electron chi connectivity index (χ4n) is 3.85. The maximum Gasteiger partial charge on any atom is 0.333 e. The van der Waals surface area contributed by atoms with Gasteiger partial charge in [0.1, 0.15) is 5.82 Å². The second-order valence-electron chi connectivity index (χ2n) is 8.13. The normalized spacial score (nSPS) is 12.3. The second kappa shape index (κ2) is 11.2. The van der Waals surface area contributed by atoms with Gasteiger partial charge < -0.3 is 19.1 Å². The SMILES string of the molecule is COCCn1cnc2c1c(=O)n(CC(O)COCc1ccccc1F)c(=O)n2Cc1ccccc1. The molecule has 9 nitrogen and oxygen atoms in total. The maximum atomic E-state index is 13.8. The van der Waals surface area contributed by atoms with Gasteiger partial charge in [0.2, 0.25) is 0 Å². The molecule has 0 bridgehead atoms. The predicted octanol–water partition coefficient (Wildman–Crippen LogP) is 1.77. The van der Waals surface area contributed by atoms with Gasteiger partial charge in [0.25, 0.3) is 5.56 Å². The van der Waals surface area contributed by atoms with Crippen molar-refractivity contribution in [1.29, 1.82) is 0 Å². The van der Waals surface area contributed by atoms with Gasteiger partial charge in [-0.2, -0.15) is 0 Å². The summed E-state index contributed by atoms with van der Waals surface area (Å²) < 4.78 is 28.4. The van der Waals surface area contributed by atoms with Gasteiger partial charge in [-0.3, -0.25) is 13.9 Å². The molecule has 0 amide bonds. The van der Waals surface area contributed by atoms with Crippen molar-refractivity contribution in [3.63, 3.8) is 0 Å². The van der Waals surface area contributed by atoms with Crippen molar-refractivity contribution in [3.8, 4) is 0 Å². The minimum absolute atomic E-state index is 0.0420. The number of ether oxygens (including phenoxy) is 2. The van der Waals surface area contributed by atoms with E-state index in [-0.39, 0.29) is 37.5 Å². The van der Waals surface area contributed by atoms with Crippen molar-refractivity contribution in [2.24, 2.45) is 0 Å². The molecule has 1 unspecified atom stereocenters. The Balaban J connectivity index is 1.63. The first-order valence-electron chi connectivity index (χ1n) is 11.2. The first-order valence-corrected chi connectivity index (χ1v) is 11.2. The van der Waals surface area contributed by atoms with Crippen molar-refractivity contribution in [2.75, 3.05) is 20.3 Å². The number of aliphatic hydroxyl groups is 1. The molecule has 0 fully saturated rings. The zero-order valence-corrected chi connectivity index (χ0v) is 19.3. The molecule has 10 heteroatoms. The first kappa shape index (κ1) is 24.5. The summed E-state index contributed by atoms with van der Waals surface area (Å²) in [6.07, 6.45) is 0.342. The molecule has 0 aliphatic heterocycles. The Kier molecular flexibility index (Phi) is 7.86. The van der Waals surface area contributed by atoms with Crippen LogP contribution in [-0.4, -0.2) is 50.2 Å². The Morgan fingerprint density at radius 2 is 1.80 bits per heavy atom. The van der Waals surface area contributed by atoms with Gasteiger partial charge >= 0.3 is 5.69 Å². The van der Waals surface area contributed by atoms with E-state index in [1.165, 1.54) is 17.0 Å². The summed E-state index contributed by atoms with van der Waals surface area (Å²) in [6, 6.07) is 15.5. The van der Waals surface area contributed by atoms with Crippen LogP contribution in [0.3, 0.4) is 0 Å². The molecule has 4 rings (SSSR count). The van der Waals surface area contributed by atoms with Crippen LogP contribution in [-0.2, 0) is 35.7 Å². The smallest absolute Gasteiger partial charge is 0.333 e. The number of rotatable bonds is 11. The molecule has 184 valence electrons. The number of aliphatic hydroxyl groups excluding tert-OH is 1. The lowest BCUT2D eigenvalue weighted by molar-refractivity contribution is 0.0183. The second-order valence-corrected chi connectivity index (χ2v) is 8.13. The highest BCUT2D eigenvalue weighted by atomic mass is 19.1. The molecule has 4 aromatic rings. The fraction of sp³-hybridized carbons (Fsp3) is 0.320. The fourth-order valence-corrected chi connectivity index (χ4v) is 3.85. The summed E-state index contributed by atoms with van der Waals surface area (Å²) in [5.41, 5.74) is 0.581. The number of imidazole rings is 1. The zero-order chi connectivity index (χ0) is 24.8. The third-order valence-electron chi connectivity index (χ3n) is 5.62. The van der Waals surface area contributed by atoms with Crippen LogP contribution in [0.5, 0.6) is 0 Å². The van der Waals surface area contributed by atoms with E-state index in [4.69, 9.17) is 9.47 Å². The van der Waals surface area contributed by atoms with Gasteiger partial charge in [0.15, 0.2) is 11.2 Å². The number of aromatic nitrogens is 4. The Morgan fingerprint density at radius 3 is 2.54 bits per heavy atom. The molecule has 2 aromatic heterocycles. The standard InChI is InChI=1S/C25H27FN4O5/c1-34-12-11-28-17-27-23-22(28)24(32)30(25(33)29(23)13-18-7-3-2-4-8-18)14-20(31)16-35-15-19-9-5-6-10-21(19)26/h2-10,17,20,31H,11-16H2,1H3. The van der Waals surface area contributed by atoms with Crippen LogP contribution in [0, 0.1) is 5.82 Å². The van der Waals surface area contributed by atoms with Crippen molar-refractivity contribution >= 4 is 11.2 Å². The van der Waals surface area contributed by atoms with Crippen LogP contribution in [0.4, 0.5) is 4.39 Å². The number of halogens is 1. The minimum atomic E-state index is -1.16. The number of nitrogens with zero attached hydrogens (tertiary/aromatic N) is 4. The third-order valence-corrected chi connectivity index (χ3v) is 5.62. The highest BCUT2D eigenvalue weighted by Gasteiger charge is 2.20. The molecule has 1 N–H and O–H groups in total. The Hall–Kier alpha value is -3.60. The summed E-state index contributed by atoms with van der Waals surface area (Å²) in [6.45, 7) is 0.432. The summed E-state index contributed by atoms with van der Waals surface area (Å²) in [5.74, 6) is -0.406. The molecule has 0 saturated heterocycles. The maximum absolute atomic E-state index is 13.8. The van der Waals surface area contributed by atoms with Crippen LogP contribution >= 0.6 is 0 Å². The Bertz CT molecular complexity index is 1400. The predicted molar refractivity (Wildman–Crippen MR) is 128 cm³/mol. The molecule has 0 aliphatic rings. The van der Waals surface area contributed by atoms with Crippen LogP contribution in [0.15, 0.2) is 70.5 Å². The molecule has 1 atom stereocenters. The average molecular weight is 483 g/mol. The molecular formula is C25H27FN4O5. The van der Waals surface area contributed by atoms with Gasteiger partial charge in [-0.1, -0.05) is 48.5 Å². The lowest BCUT2D eigenvalue weighted by Gasteiger charge is -2.16. The summed E-state index contributed by atoms with van der Waals surface area (Å²) in [4.78, 5) is 31.0. The van der Waals surface area contributed by atoms with Gasteiger partial charge in [-0.15, -0.1) is 0 Å². The average Bonchev–Trinajstić information content (AvgIpc) is 3.29. The van der Waals surface area contributed by atoms with E-state index >= 15 is 0 Å². The molecule has 35 heavy (non-hydrogen) atoms. The molecule has 2 heterocycles. The summed E-state index contributed by atoms with van der Waals surface area (Å²) in [7, 11) is 1.56. The largest absolute Gasteiger partial charge is 0.389 e. The van der Waals surface area contributed by atoms with E-state index in [0.717, 1.165) is 10.1 Å². The van der Waals surface area contributed by atoms with Crippen molar-refractivity contribution in [1.82, 2.24) is 18.7 Å². The van der Waals surface area contributed by atoms with Gasteiger partial charge in [-0.05, 0) is 11.6 Å². The monoisotopic (exact) mass is 482 g/mol. The molecule has 0 aliphatic carbocycles. The van der Waals surface area contributed by atoms with Crippen molar-refractivity contribution in [2.45, 2.75) is 32.3 Å². The van der Waals surface area contributed by atoms with E-state index in [1.807, 2.05) is 30.3 Å². The lowest BCUT2D eigenvalue weighted by atomic mass is 10.2. The van der Waals surface area contributed by atoms with E-state index in [0.29, 0.717) is 18.7 Å². The van der Waals surface area contributed by atoms with E-state index in [2.05, 4.69) is 4.98 Å². The van der Waals surface area contributed by atoms with Crippen LogP contribution < -0.4 is 11.2 Å². The number of methoxy groups -OCH3 is 1. The van der Waals surface area contributed by atoms with Crippen LogP contribution in [0.2, 0.25) is 0 Å². The van der Waals surface area contributed by atoms with Gasteiger partial charge in [0, 0.05) is 19.2 Å². The van der Waals surface area contributed by atoms with Crippen molar-refractivity contribution in [3.05, 3.63) is 98.7 Å².